The molecule has 0 fully saturated rings. The minimum absolute atomic E-state index is 0.0782. The van der Waals surface area contributed by atoms with E-state index in [4.69, 9.17) is 5.11 Å². The van der Waals surface area contributed by atoms with Crippen molar-refractivity contribution in [3.05, 3.63) is 29.0 Å². The Kier molecular flexibility index (Phi) is 3.18. The summed E-state index contributed by atoms with van der Waals surface area (Å²) in [4.78, 5) is 6.76. The molecule has 0 atom stereocenters. The van der Waals surface area contributed by atoms with E-state index >= 15 is 0 Å². The molecule has 0 aromatic carbocycles. The summed E-state index contributed by atoms with van der Waals surface area (Å²) in [5.41, 5.74) is 1.21. The molecule has 0 aliphatic heterocycles. The van der Waals surface area contributed by atoms with E-state index in [-0.39, 0.29) is 11.5 Å². The molecular weight excluding hydrogens is 262 g/mol. The number of aryl methyl sites for hydroxylation is 1. The molecule has 17 heavy (non-hydrogen) atoms. The lowest BCUT2D eigenvalue weighted by Gasteiger charge is -2.01. The molecule has 0 bridgehead atoms. The largest absolute Gasteiger partial charge is 0.390 e. The Bertz CT molecular complexity index is 615. The molecule has 6 nitrogen and oxygen atoms in total. The van der Waals surface area contributed by atoms with Gasteiger partial charge in [0.2, 0.25) is 0 Å². The van der Waals surface area contributed by atoms with Gasteiger partial charge in [0, 0.05) is 17.3 Å². The molecule has 92 valence electrons. The molecule has 0 saturated carbocycles. The topological polar surface area (TPSA) is 95.1 Å². The fourth-order valence-corrected chi connectivity index (χ4v) is 3.20. The van der Waals surface area contributed by atoms with Gasteiger partial charge in [-0.1, -0.05) is 0 Å². The van der Waals surface area contributed by atoms with Crippen LogP contribution in [0.4, 0.5) is 5.13 Å². The van der Waals surface area contributed by atoms with Crippen LogP contribution in [0.2, 0.25) is 0 Å². The van der Waals surface area contributed by atoms with Crippen molar-refractivity contribution in [3.8, 4) is 0 Å². The van der Waals surface area contributed by atoms with Gasteiger partial charge in [-0.15, -0.1) is 11.3 Å². The van der Waals surface area contributed by atoms with Crippen molar-refractivity contribution in [1.29, 1.82) is 0 Å². The highest BCUT2D eigenvalue weighted by Crippen LogP contribution is 2.20. The number of hydrogen-bond donors (Lipinski definition) is 3. The van der Waals surface area contributed by atoms with E-state index in [1.54, 1.807) is 12.3 Å². The van der Waals surface area contributed by atoms with Crippen LogP contribution in [0.15, 0.2) is 22.5 Å². The zero-order valence-electron chi connectivity index (χ0n) is 8.97. The third-order valence-corrected chi connectivity index (χ3v) is 4.36. The lowest BCUT2D eigenvalue weighted by Crippen LogP contribution is -2.11. The van der Waals surface area contributed by atoms with Crippen LogP contribution < -0.4 is 4.72 Å². The van der Waals surface area contributed by atoms with Crippen molar-refractivity contribution >= 4 is 26.5 Å². The summed E-state index contributed by atoms with van der Waals surface area (Å²) >= 11 is 1.22. The van der Waals surface area contributed by atoms with Crippen LogP contribution in [0.25, 0.3) is 0 Å². The molecule has 0 radical (unpaired) electrons. The number of aliphatic hydroxyl groups is 1. The van der Waals surface area contributed by atoms with Crippen molar-refractivity contribution in [2.75, 3.05) is 4.72 Å². The molecule has 0 saturated heterocycles. The van der Waals surface area contributed by atoms with Gasteiger partial charge >= 0.3 is 0 Å². The zero-order chi connectivity index (χ0) is 12.5. The van der Waals surface area contributed by atoms with Crippen molar-refractivity contribution in [1.82, 2.24) is 9.97 Å². The number of nitrogens with zero attached hydrogens (tertiary/aromatic N) is 1. The van der Waals surface area contributed by atoms with Crippen molar-refractivity contribution in [2.45, 2.75) is 18.4 Å². The Morgan fingerprint density at radius 2 is 2.35 bits per heavy atom. The zero-order valence-corrected chi connectivity index (χ0v) is 10.6. The average molecular weight is 273 g/mol. The summed E-state index contributed by atoms with van der Waals surface area (Å²) < 4.78 is 26.2. The Labute approximate surface area is 102 Å². The number of aliphatic hydroxyl groups excluding tert-OH is 1. The van der Waals surface area contributed by atoms with Crippen LogP contribution in [-0.2, 0) is 16.6 Å². The first-order valence-corrected chi connectivity index (χ1v) is 7.10. The van der Waals surface area contributed by atoms with E-state index in [2.05, 4.69) is 14.7 Å². The molecule has 0 aliphatic rings. The highest BCUT2D eigenvalue weighted by Gasteiger charge is 2.17. The minimum atomic E-state index is -3.63. The maximum absolute atomic E-state index is 11.9. The molecule has 0 aliphatic carbocycles. The number of aromatic nitrogens is 2. The molecule has 2 aromatic heterocycles. The van der Waals surface area contributed by atoms with Gasteiger partial charge in [-0.3, -0.25) is 4.72 Å². The predicted octanol–water partition coefficient (Wildman–Crippen LogP) is 1.07. The van der Waals surface area contributed by atoms with Crippen LogP contribution in [0.5, 0.6) is 0 Å². The predicted molar refractivity (Wildman–Crippen MR) is 64.4 cm³/mol. The Balaban J connectivity index is 2.24. The second-order valence-electron chi connectivity index (χ2n) is 3.42. The number of aromatic amines is 1. The van der Waals surface area contributed by atoms with Crippen LogP contribution in [0.1, 0.15) is 11.4 Å². The molecule has 0 spiro atoms. The normalized spacial score (nSPS) is 11.6. The minimum Gasteiger partial charge on any atom is -0.390 e. The number of anilines is 1. The van der Waals surface area contributed by atoms with Crippen LogP contribution >= 0.6 is 11.3 Å². The van der Waals surface area contributed by atoms with Crippen LogP contribution in [-0.4, -0.2) is 23.5 Å². The van der Waals surface area contributed by atoms with Gasteiger partial charge in [-0.05, 0) is 13.0 Å². The SMILES string of the molecule is Cc1csc(NS(=O)(=O)c2c[nH]c(CO)c2)n1. The van der Waals surface area contributed by atoms with E-state index in [1.807, 2.05) is 0 Å². The Morgan fingerprint density at radius 1 is 1.59 bits per heavy atom. The van der Waals surface area contributed by atoms with E-state index in [0.717, 1.165) is 5.69 Å². The number of nitrogens with one attached hydrogen (secondary N) is 2. The van der Waals surface area contributed by atoms with Crippen LogP contribution in [0, 0.1) is 6.92 Å². The van der Waals surface area contributed by atoms with Gasteiger partial charge < -0.3 is 10.1 Å². The molecule has 3 N–H and O–H groups in total. The molecule has 2 aromatic rings. The van der Waals surface area contributed by atoms with E-state index in [1.165, 1.54) is 23.6 Å². The first-order chi connectivity index (χ1) is 8.01. The third-order valence-electron chi connectivity index (χ3n) is 2.04. The summed E-state index contributed by atoms with van der Waals surface area (Å²) in [6.45, 7) is 1.56. The standard InChI is InChI=1S/C9H11N3O3S2/c1-6-5-16-9(11-6)12-17(14,15)8-2-7(4-13)10-3-8/h2-3,5,10,13H,4H2,1H3,(H,11,12). The molecule has 0 unspecified atom stereocenters. The molecular formula is C9H11N3O3S2. The number of sulfonamides is 1. The molecule has 0 amide bonds. The lowest BCUT2D eigenvalue weighted by molar-refractivity contribution is 0.277. The summed E-state index contributed by atoms with van der Waals surface area (Å²) in [5, 5.41) is 10.9. The monoisotopic (exact) mass is 273 g/mol. The number of hydrogen-bond acceptors (Lipinski definition) is 5. The molecule has 8 heteroatoms. The fourth-order valence-electron chi connectivity index (χ4n) is 1.24. The van der Waals surface area contributed by atoms with Crippen molar-refractivity contribution in [2.24, 2.45) is 0 Å². The Morgan fingerprint density at radius 3 is 2.88 bits per heavy atom. The maximum atomic E-state index is 11.9. The summed E-state index contributed by atoms with van der Waals surface area (Å²) in [6, 6.07) is 1.38. The van der Waals surface area contributed by atoms with Gasteiger partial charge in [-0.25, -0.2) is 13.4 Å². The molecule has 2 rings (SSSR count). The first kappa shape index (κ1) is 12.1. The highest BCUT2D eigenvalue weighted by molar-refractivity contribution is 7.93. The quantitative estimate of drug-likeness (QED) is 0.776. The second kappa shape index (κ2) is 4.47. The van der Waals surface area contributed by atoms with Gasteiger partial charge in [-0.2, -0.15) is 0 Å². The van der Waals surface area contributed by atoms with E-state index in [9.17, 15) is 8.42 Å². The van der Waals surface area contributed by atoms with Crippen LogP contribution in [0.3, 0.4) is 0 Å². The van der Waals surface area contributed by atoms with Gasteiger partial charge in [0.25, 0.3) is 10.0 Å². The summed E-state index contributed by atoms with van der Waals surface area (Å²) in [6.07, 6.45) is 1.33. The third kappa shape index (κ3) is 2.65. The summed E-state index contributed by atoms with van der Waals surface area (Å²) in [5.74, 6) is 0. The van der Waals surface area contributed by atoms with E-state index in [0.29, 0.717) is 10.8 Å². The van der Waals surface area contributed by atoms with Crippen molar-refractivity contribution < 1.29 is 13.5 Å². The number of H-pyrrole nitrogens is 1. The summed E-state index contributed by atoms with van der Waals surface area (Å²) in [7, 11) is -3.63. The number of thiazole rings is 1. The highest BCUT2D eigenvalue weighted by atomic mass is 32.2. The van der Waals surface area contributed by atoms with E-state index < -0.39 is 10.0 Å². The lowest BCUT2D eigenvalue weighted by atomic mass is 10.5. The first-order valence-electron chi connectivity index (χ1n) is 4.74. The number of rotatable bonds is 4. The Hall–Kier alpha value is -1.38. The fraction of sp³-hybridized carbons (Fsp3) is 0.222. The van der Waals surface area contributed by atoms with Gasteiger partial charge in [0.05, 0.1) is 12.3 Å². The second-order valence-corrected chi connectivity index (χ2v) is 5.96. The maximum Gasteiger partial charge on any atom is 0.265 e. The smallest absolute Gasteiger partial charge is 0.265 e. The van der Waals surface area contributed by atoms with Gasteiger partial charge in [0.1, 0.15) is 4.90 Å². The van der Waals surface area contributed by atoms with Gasteiger partial charge in [0.15, 0.2) is 5.13 Å². The van der Waals surface area contributed by atoms with Crippen molar-refractivity contribution in [3.63, 3.8) is 0 Å². The molecule has 2 heterocycles. The average Bonchev–Trinajstić information content (AvgIpc) is 2.86.